The molecule has 1 aliphatic rings. The van der Waals surface area contributed by atoms with E-state index in [1.807, 2.05) is 0 Å². The first-order valence-corrected chi connectivity index (χ1v) is 5.63. The zero-order valence-electron chi connectivity index (χ0n) is 6.93. The van der Waals surface area contributed by atoms with Crippen molar-refractivity contribution < 1.29 is 18.3 Å². The topological polar surface area (TPSA) is 109 Å². The summed E-state index contributed by atoms with van der Waals surface area (Å²) in [6, 6.07) is -0.572. The minimum absolute atomic E-state index is 0.114. The van der Waals surface area contributed by atoms with Gasteiger partial charge in [-0.05, 0) is 0 Å². The van der Waals surface area contributed by atoms with Crippen LogP contribution in [0.2, 0.25) is 0 Å². The normalized spacial score (nSPS) is 31.8. The van der Waals surface area contributed by atoms with Crippen molar-refractivity contribution in [2.24, 2.45) is 5.73 Å². The first-order chi connectivity index (χ1) is 5.91. The third kappa shape index (κ3) is 2.94. The standard InChI is InChI=1S/C6H12N2O4S/c7-6(10)1-8-4-2-13(11,12)3-5(4)9/h4-5,8-9H,1-3H2,(H2,7,10). The van der Waals surface area contributed by atoms with Crippen molar-refractivity contribution >= 4 is 15.7 Å². The molecular formula is C6H12N2O4S. The van der Waals surface area contributed by atoms with E-state index in [1.165, 1.54) is 0 Å². The Morgan fingerprint density at radius 3 is 2.54 bits per heavy atom. The molecule has 0 spiro atoms. The molecule has 0 bridgehead atoms. The summed E-state index contributed by atoms with van der Waals surface area (Å²) in [7, 11) is -3.16. The van der Waals surface area contributed by atoms with Crippen LogP contribution < -0.4 is 11.1 Å². The molecule has 1 fully saturated rings. The van der Waals surface area contributed by atoms with Gasteiger partial charge in [0.25, 0.3) is 0 Å². The number of aliphatic hydroxyl groups excluding tert-OH is 1. The number of carbonyl (C=O) groups excluding carboxylic acids is 1. The van der Waals surface area contributed by atoms with E-state index in [-0.39, 0.29) is 18.1 Å². The molecule has 2 atom stereocenters. The molecule has 0 saturated carbocycles. The highest BCUT2D eigenvalue weighted by molar-refractivity contribution is 7.91. The molecule has 6 nitrogen and oxygen atoms in total. The van der Waals surface area contributed by atoms with Gasteiger partial charge in [-0.2, -0.15) is 0 Å². The summed E-state index contributed by atoms with van der Waals surface area (Å²) in [5.74, 6) is -0.957. The van der Waals surface area contributed by atoms with Gasteiger partial charge in [0.1, 0.15) is 0 Å². The van der Waals surface area contributed by atoms with Crippen molar-refractivity contribution in [3.63, 3.8) is 0 Å². The molecule has 76 valence electrons. The summed E-state index contributed by atoms with van der Waals surface area (Å²) in [6.07, 6.45) is -0.940. The number of hydrogen-bond donors (Lipinski definition) is 3. The van der Waals surface area contributed by atoms with Gasteiger partial charge < -0.3 is 16.2 Å². The van der Waals surface area contributed by atoms with Gasteiger partial charge in [-0.3, -0.25) is 4.79 Å². The smallest absolute Gasteiger partial charge is 0.231 e. The minimum Gasteiger partial charge on any atom is -0.390 e. The molecule has 1 saturated heterocycles. The summed E-state index contributed by atoms with van der Waals surface area (Å²) >= 11 is 0. The molecule has 0 aromatic carbocycles. The van der Waals surface area contributed by atoms with E-state index in [0.29, 0.717) is 0 Å². The number of aliphatic hydroxyl groups is 1. The van der Waals surface area contributed by atoms with E-state index in [1.54, 1.807) is 0 Å². The highest BCUT2D eigenvalue weighted by atomic mass is 32.2. The third-order valence-electron chi connectivity index (χ3n) is 1.86. The predicted molar refractivity (Wildman–Crippen MR) is 45.6 cm³/mol. The summed E-state index contributed by atoms with van der Waals surface area (Å²) in [6.45, 7) is -0.114. The summed E-state index contributed by atoms with van der Waals surface area (Å²) in [5, 5.41) is 11.8. The van der Waals surface area contributed by atoms with Gasteiger partial charge >= 0.3 is 0 Å². The van der Waals surface area contributed by atoms with E-state index in [2.05, 4.69) is 5.32 Å². The predicted octanol–water partition coefficient (Wildman–Crippen LogP) is -2.78. The van der Waals surface area contributed by atoms with Crippen LogP contribution in [0.4, 0.5) is 0 Å². The zero-order valence-corrected chi connectivity index (χ0v) is 7.75. The van der Waals surface area contributed by atoms with Gasteiger partial charge in [-0.15, -0.1) is 0 Å². The van der Waals surface area contributed by atoms with Gasteiger partial charge in [0.2, 0.25) is 5.91 Å². The maximum absolute atomic E-state index is 11.0. The van der Waals surface area contributed by atoms with E-state index in [0.717, 1.165) is 0 Å². The third-order valence-corrected chi connectivity index (χ3v) is 3.58. The number of carbonyl (C=O) groups is 1. The van der Waals surface area contributed by atoms with Gasteiger partial charge in [-0.1, -0.05) is 0 Å². The molecule has 0 radical (unpaired) electrons. The van der Waals surface area contributed by atoms with Gasteiger partial charge in [0, 0.05) is 6.04 Å². The number of nitrogens with two attached hydrogens (primary N) is 1. The molecule has 1 heterocycles. The second-order valence-corrected chi connectivity index (χ2v) is 5.25. The highest BCUT2D eigenvalue weighted by Crippen LogP contribution is 2.11. The Bertz CT molecular complexity index is 300. The lowest BCUT2D eigenvalue weighted by Crippen LogP contribution is -2.43. The quantitative estimate of drug-likeness (QED) is 0.465. The lowest BCUT2D eigenvalue weighted by atomic mass is 10.2. The largest absolute Gasteiger partial charge is 0.390 e. The van der Waals surface area contributed by atoms with Crippen LogP contribution in [0.15, 0.2) is 0 Å². The lowest BCUT2D eigenvalue weighted by Gasteiger charge is -2.12. The molecule has 13 heavy (non-hydrogen) atoms. The second kappa shape index (κ2) is 3.60. The Morgan fingerprint density at radius 1 is 1.54 bits per heavy atom. The average molecular weight is 208 g/mol. The van der Waals surface area contributed by atoms with Gasteiger partial charge in [0.15, 0.2) is 9.84 Å². The number of amides is 1. The van der Waals surface area contributed by atoms with Crippen molar-refractivity contribution in [2.45, 2.75) is 12.1 Å². The zero-order chi connectivity index (χ0) is 10.1. The van der Waals surface area contributed by atoms with Crippen molar-refractivity contribution in [2.75, 3.05) is 18.1 Å². The molecule has 0 aromatic rings. The van der Waals surface area contributed by atoms with Crippen LogP contribution >= 0.6 is 0 Å². The number of sulfone groups is 1. The summed E-state index contributed by atoms with van der Waals surface area (Å²) in [4.78, 5) is 10.4. The number of primary amides is 1. The summed E-state index contributed by atoms with van der Waals surface area (Å²) in [5.41, 5.74) is 4.85. The van der Waals surface area contributed by atoms with Crippen LogP contribution in [0.1, 0.15) is 0 Å². The average Bonchev–Trinajstić information content (AvgIpc) is 2.20. The highest BCUT2D eigenvalue weighted by Gasteiger charge is 2.35. The molecule has 1 rings (SSSR count). The van der Waals surface area contributed by atoms with Crippen LogP contribution in [0.3, 0.4) is 0 Å². The SMILES string of the molecule is NC(=O)CNC1CS(=O)(=O)CC1O. The fourth-order valence-corrected chi connectivity index (χ4v) is 3.03. The molecule has 2 unspecified atom stereocenters. The monoisotopic (exact) mass is 208 g/mol. The van der Waals surface area contributed by atoms with E-state index >= 15 is 0 Å². The van der Waals surface area contributed by atoms with E-state index in [9.17, 15) is 18.3 Å². The first-order valence-electron chi connectivity index (χ1n) is 3.81. The molecule has 7 heteroatoms. The van der Waals surface area contributed by atoms with Gasteiger partial charge in [-0.25, -0.2) is 8.42 Å². The van der Waals surface area contributed by atoms with Crippen molar-refractivity contribution in [1.29, 1.82) is 0 Å². The number of rotatable bonds is 3. The molecule has 1 aliphatic heterocycles. The second-order valence-electron chi connectivity index (χ2n) is 3.10. The van der Waals surface area contributed by atoms with Crippen molar-refractivity contribution in [1.82, 2.24) is 5.32 Å². The Kier molecular flexibility index (Phi) is 2.89. The molecule has 0 aromatic heterocycles. The number of nitrogens with one attached hydrogen (secondary N) is 1. The Labute approximate surface area is 76.0 Å². The minimum atomic E-state index is -3.16. The summed E-state index contributed by atoms with van der Waals surface area (Å²) < 4.78 is 22.0. The Balaban J connectivity index is 2.49. The molecule has 1 amide bonds. The van der Waals surface area contributed by atoms with E-state index < -0.39 is 27.9 Å². The maximum Gasteiger partial charge on any atom is 0.231 e. The maximum atomic E-state index is 11.0. The van der Waals surface area contributed by atoms with Crippen molar-refractivity contribution in [3.8, 4) is 0 Å². The fourth-order valence-electron chi connectivity index (χ4n) is 1.26. The first kappa shape index (κ1) is 10.4. The lowest BCUT2D eigenvalue weighted by molar-refractivity contribution is -0.117. The van der Waals surface area contributed by atoms with Crippen LogP contribution in [-0.2, 0) is 14.6 Å². The van der Waals surface area contributed by atoms with Crippen LogP contribution in [0.5, 0.6) is 0 Å². The van der Waals surface area contributed by atoms with Gasteiger partial charge in [0.05, 0.1) is 24.2 Å². The van der Waals surface area contributed by atoms with Crippen LogP contribution in [-0.4, -0.2) is 49.6 Å². The molecular weight excluding hydrogens is 196 g/mol. The number of hydrogen-bond acceptors (Lipinski definition) is 5. The Hall–Kier alpha value is -0.660. The molecule has 4 N–H and O–H groups in total. The Morgan fingerprint density at radius 2 is 2.15 bits per heavy atom. The van der Waals surface area contributed by atoms with E-state index in [4.69, 9.17) is 5.73 Å². The fraction of sp³-hybridized carbons (Fsp3) is 0.833. The van der Waals surface area contributed by atoms with Crippen molar-refractivity contribution in [3.05, 3.63) is 0 Å². The van der Waals surface area contributed by atoms with Crippen LogP contribution in [0, 0.1) is 0 Å². The van der Waals surface area contributed by atoms with Crippen LogP contribution in [0.25, 0.3) is 0 Å². The molecule has 0 aliphatic carbocycles.